The number of benzene rings is 1. The smallest absolute Gasteiger partial charge is 0.280 e. The van der Waals surface area contributed by atoms with E-state index in [1.807, 2.05) is 6.92 Å². The second-order valence-electron chi connectivity index (χ2n) is 5.71. The number of nitro groups is 1. The number of thiocarbonyl (C=S) groups is 1. The molecule has 0 atom stereocenters. The summed E-state index contributed by atoms with van der Waals surface area (Å²) in [7, 11) is 0. The zero-order valence-corrected chi connectivity index (χ0v) is 14.6. The average Bonchev–Trinajstić information content (AvgIpc) is 3.01. The zero-order valence-electron chi connectivity index (χ0n) is 13.8. The second-order valence-corrected chi connectivity index (χ2v) is 6.12. The van der Waals surface area contributed by atoms with Gasteiger partial charge in [-0.2, -0.15) is 0 Å². The Bertz CT molecular complexity index is 984. The van der Waals surface area contributed by atoms with Crippen molar-refractivity contribution >= 4 is 40.9 Å². The van der Waals surface area contributed by atoms with Crippen molar-refractivity contribution < 1.29 is 18.9 Å². The molecule has 1 aromatic heterocycles. The summed E-state index contributed by atoms with van der Waals surface area (Å²) in [5.74, 6) is -0.817. The predicted molar refractivity (Wildman–Crippen MR) is 97.1 cm³/mol. The van der Waals surface area contributed by atoms with Gasteiger partial charge < -0.3 is 4.42 Å². The molecule has 1 aliphatic rings. The van der Waals surface area contributed by atoms with Crippen molar-refractivity contribution in [2.24, 2.45) is 0 Å². The van der Waals surface area contributed by atoms with E-state index in [0.29, 0.717) is 5.56 Å². The van der Waals surface area contributed by atoms with Crippen LogP contribution in [0.4, 0.5) is 5.69 Å². The van der Waals surface area contributed by atoms with Crippen LogP contribution in [0.25, 0.3) is 17.4 Å². The highest BCUT2D eigenvalue weighted by Gasteiger charge is 2.26. The first-order valence-corrected chi connectivity index (χ1v) is 7.91. The van der Waals surface area contributed by atoms with Crippen LogP contribution in [-0.2, 0) is 9.59 Å². The highest BCUT2D eigenvalue weighted by Crippen LogP contribution is 2.34. The van der Waals surface area contributed by atoms with E-state index in [1.54, 1.807) is 19.1 Å². The van der Waals surface area contributed by atoms with E-state index >= 15 is 0 Å². The molecule has 0 radical (unpaired) electrons. The Hall–Kier alpha value is -3.33. The lowest BCUT2D eigenvalue weighted by atomic mass is 10.0. The monoisotopic (exact) mass is 371 g/mol. The van der Waals surface area contributed by atoms with Gasteiger partial charge in [0.05, 0.1) is 10.5 Å². The van der Waals surface area contributed by atoms with Crippen LogP contribution in [0.5, 0.6) is 0 Å². The Kier molecular flexibility index (Phi) is 4.39. The lowest BCUT2D eigenvalue weighted by Gasteiger charge is -2.15. The number of nitro benzene ring substituents is 1. The van der Waals surface area contributed by atoms with Gasteiger partial charge >= 0.3 is 0 Å². The molecule has 2 heterocycles. The van der Waals surface area contributed by atoms with Gasteiger partial charge in [-0.25, -0.2) is 0 Å². The first-order chi connectivity index (χ1) is 12.3. The number of rotatable bonds is 3. The van der Waals surface area contributed by atoms with Gasteiger partial charge in [-0.15, -0.1) is 0 Å². The SMILES string of the molecule is Cc1cc(-c2ccc(C=C3C(=O)NC(=S)NC3=O)o2)c([N+](=O)[O-])cc1C. The molecule has 132 valence electrons. The number of furan rings is 1. The van der Waals surface area contributed by atoms with E-state index in [-0.39, 0.29) is 27.9 Å². The van der Waals surface area contributed by atoms with Crippen LogP contribution in [0.1, 0.15) is 16.9 Å². The van der Waals surface area contributed by atoms with Crippen LogP contribution in [0.3, 0.4) is 0 Å². The normalized spacial score (nSPS) is 14.1. The van der Waals surface area contributed by atoms with E-state index in [9.17, 15) is 19.7 Å². The molecule has 0 spiro atoms. The van der Waals surface area contributed by atoms with E-state index in [4.69, 9.17) is 16.6 Å². The molecule has 1 fully saturated rings. The zero-order chi connectivity index (χ0) is 19.0. The van der Waals surface area contributed by atoms with Gasteiger partial charge in [0, 0.05) is 6.07 Å². The molecule has 2 amide bonds. The molecule has 2 aromatic rings. The van der Waals surface area contributed by atoms with Gasteiger partial charge in [0.15, 0.2) is 5.11 Å². The molecule has 8 nitrogen and oxygen atoms in total. The van der Waals surface area contributed by atoms with Crippen molar-refractivity contribution in [1.29, 1.82) is 0 Å². The maximum atomic E-state index is 11.9. The fraction of sp³-hybridized carbons (Fsp3) is 0.118. The van der Waals surface area contributed by atoms with Crippen LogP contribution < -0.4 is 10.6 Å². The molecule has 0 bridgehead atoms. The third-order valence-corrected chi connectivity index (χ3v) is 4.14. The second kappa shape index (κ2) is 6.52. The number of hydrogen-bond acceptors (Lipinski definition) is 6. The van der Waals surface area contributed by atoms with Gasteiger partial charge in [-0.3, -0.25) is 30.3 Å². The van der Waals surface area contributed by atoms with Crippen LogP contribution in [0.15, 0.2) is 34.3 Å². The molecular formula is C17H13N3O5S. The van der Waals surface area contributed by atoms with Gasteiger partial charge in [0.2, 0.25) is 0 Å². The van der Waals surface area contributed by atoms with Crippen molar-refractivity contribution in [3.63, 3.8) is 0 Å². The summed E-state index contributed by atoms with van der Waals surface area (Å²) in [6.45, 7) is 3.63. The van der Waals surface area contributed by atoms with E-state index < -0.39 is 16.7 Å². The molecule has 2 N–H and O–H groups in total. The fourth-order valence-electron chi connectivity index (χ4n) is 2.47. The Morgan fingerprint density at radius 1 is 1.12 bits per heavy atom. The Morgan fingerprint density at radius 2 is 1.73 bits per heavy atom. The van der Waals surface area contributed by atoms with Gasteiger partial charge in [-0.1, -0.05) is 0 Å². The Morgan fingerprint density at radius 3 is 2.35 bits per heavy atom. The molecule has 0 unspecified atom stereocenters. The summed E-state index contributed by atoms with van der Waals surface area (Å²) >= 11 is 4.73. The fourth-order valence-corrected chi connectivity index (χ4v) is 2.66. The van der Waals surface area contributed by atoms with E-state index in [0.717, 1.165) is 11.1 Å². The summed E-state index contributed by atoms with van der Waals surface area (Å²) in [6.07, 6.45) is 1.25. The van der Waals surface area contributed by atoms with Crippen LogP contribution in [0.2, 0.25) is 0 Å². The molecule has 1 aliphatic heterocycles. The summed E-state index contributed by atoms with van der Waals surface area (Å²) < 4.78 is 5.61. The number of nitrogens with one attached hydrogen (secondary N) is 2. The largest absolute Gasteiger partial charge is 0.456 e. The average molecular weight is 371 g/mol. The van der Waals surface area contributed by atoms with Crippen molar-refractivity contribution in [1.82, 2.24) is 10.6 Å². The highest BCUT2D eigenvalue weighted by atomic mass is 32.1. The van der Waals surface area contributed by atoms with Crippen molar-refractivity contribution in [3.8, 4) is 11.3 Å². The van der Waals surface area contributed by atoms with Crippen molar-refractivity contribution in [2.45, 2.75) is 13.8 Å². The predicted octanol–water partition coefficient (Wildman–Crippen LogP) is 2.39. The van der Waals surface area contributed by atoms with Crippen molar-refractivity contribution in [2.75, 3.05) is 0 Å². The molecule has 1 saturated heterocycles. The topological polar surface area (TPSA) is 114 Å². The minimum atomic E-state index is -0.645. The number of aryl methyl sites for hydroxylation is 2. The minimum absolute atomic E-state index is 0.0666. The van der Waals surface area contributed by atoms with Crippen LogP contribution in [0, 0.1) is 24.0 Å². The number of amides is 2. The minimum Gasteiger partial charge on any atom is -0.456 e. The molecular weight excluding hydrogens is 358 g/mol. The summed E-state index contributed by atoms with van der Waals surface area (Å²) in [4.78, 5) is 34.6. The Labute approximate surface area is 153 Å². The molecule has 26 heavy (non-hydrogen) atoms. The van der Waals surface area contributed by atoms with Gasteiger partial charge in [0.25, 0.3) is 17.5 Å². The summed E-state index contributed by atoms with van der Waals surface area (Å²) in [6, 6.07) is 6.22. The molecule has 1 aromatic carbocycles. The van der Waals surface area contributed by atoms with E-state index in [1.165, 1.54) is 18.2 Å². The van der Waals surface area contributed by atoms with Crippen LogP contribution >= 0.6 is 12.2 Å². The number of nitrogens with zero attached hydrogens (tertiary/aromatic N) is 1. The Balaban J connectivity index is 2.01. The standard InChI is InChI=1S/C17H13N3O5S/c1-8-5-11(13(20(23)24)6-9(8)2)14-4-3-10(25-14)7-12-15(21)18-17(26)19-16(12)22/h3-7H,1-2H3,(H2,18,19,21,22,26). The molecule has 9 heteroatoms. The number of hydrogen-bond donors (Lipinski definition) is 2. The maximum absolute atomic E-state index is 11.9. The van der Waals surface area contributed by atoms with Gasteiger partial charge in [0.1, 0.15) is 17.1 Å². The van der Waals surface area contributed by atoms with Crippen LogP contribution in [-0.4, -0.2) is 21.9 Å². The lowest BCUT2D eigenvalue weighted by molar-refractivity contribution is -0.384. The van der Waals surface area contributed by atoms with Gasteiger partial charge in [-0.05, 0) is 61.5 Å². The molecule has 3 rings (SSSR count). The first-order valence-electron chi connectivity index (χ1n) is 7.50. The lowest BCUT2D eigenvalue weighted by Crippen LogP contribution is -2.51. The summed E-state index contributed by atoms with van der Waals surface area (Å²) in [5, 5.41) is 15.9. The quantitative estimate of drug-likeness (QED) is 0.281. The molecule has 0 aliphatic carbocycles. The molecule has 0 saturated carbocycles. The third kappa shape index (κ3) is 3.24. The van der Waals surface area contributed by atoms with Crippen molar-refractivity contribution in [3.05, 3.63) is 56.8 Å². The number of carbonyl (C=O) groups excluding carboxylic acids is 2. The van der Waals surface area contributed by atoms with E-state index in [2.05, 4.69) is 10.6 Å². The highest BCUT2D eigenvalue weighted by molar-refractivity contribution is 7.80. The summed E-state index contributed by atoms with van der Waals surface area (Å²) in [5.41, 5.74) is 1.73. The maximum Gasteiger partial charge on any atom is 0.280 e. The third-order valence-electron chi connectivity index (χ3n) is 3.93. The first kappa shape index (κ1) is 17.5. The number of carbonyl (C=O) groups is 2.